The van der Waals surface area contributed by atoms with Crippen molar-refractivity contribution < 1.29 is 19.0 Å². The Labute approximate surface area is 255 Å². The average Bonchev–Trinajstić information content (AvgIpc) is 3.26. The van der Waals surface area contributed by atoms with E-state index in [1.165, 1.54) is 11.3 Å². The van der Waals surface area contributed by atoms with Gasteiger partial charge in [0.05, 0.1) is 39.1 Å². The van der Waals surface area contributed by atoms with Crippen molar-refractivity contribution in [3.05, 3.63) is 124 Å². The smallest absolute Gasteiger partial charge is 0.338 e. The summed E-state index contributed by atoms with van der Waals surface area (Å²) in [5.74, 6) is 0.744. The largest absolute Gasteiger partial charge is 0.493 e. The molecular weight excluding hydrogens is 651 g/mol. The van der Waals surface area contributed by atoms with Crippen LogP contribution in [0.3, 0.4) is 0 Å². The fraction of sp³-hybridized carbons (Fsp3) is 0.219. The number of carbonyl (C=O) groups is 1. The Morgan fingerprint density at radius 3 is 2.51 bits per heavy atom. The second-order valence-corrected chi connectivity index (χ2v) is 11.7. The van der Waals surface area contributed by atoms with Crippen LogP contribution in [0.15, 0.2) is 87.8 Å². The van der Waals surface area contributed by atoms with Gasteiger partial charge in [-0.3, -0.25) is 9.36 Å². The van der Waals surface area contributed by atoms with E-state index >= 15 is 0 Å². The molecule has 0 saturated heterocycles. The number of fused-ring (bicyclic) bond motifs is 1. The highest BCUT2D eigenvalue weighted by Gasteiger charge is 2.33. The first-order chi connectivity index (χ1) is 19.8. The first-order valence-electron chi connectivity index (χ1n) is 13.1. The van der Waals surface area contributed by atoms with Gasteiger partial charge in [-0.2, -0.15) is 0 Å². The highest BCUT2D eigenvalue weighted by Crippen LogP contribution is 2.35. The molecule has 1 aromatic heterocycles. The molecule has 0 fully saturated rings. The summed E-state index contributed by atoms with van der Waals surface area (Å²) in [5.41, 5.74) is 4.42. The summed E-state index contributed by atoms with van der Waals surface area (Å²) in [6, 6.07) is 20.9. The van der Waals surface area contributed by atoms with Gasteiger partial charge in [-0.15, -0.1) is 0 Å². The zero-order valence-corrected chi connectivity index (χ0v) is 26.1. The topological polar surface area (TPSA) is 79.1 Å². The fourth-order valence-electron chi connectivity index (χ4n) is 4.70. The number of aromatic nitrogens is 1. The number of carbonyl (C=O) groups excluding carboxylic acids is 1. The molecule has 3 aromatic carbocycles. The molecule has 0 radical (unpaired) electrons. The Balaban J connectivity index is 1.58. The van der Waals surface area contributed by atoms with E-state index < -0.39 is 12.0 Å². The molecule has 0 amide bonds. The van der Waals surface area contributed by atoms with Crippen molar-refractivity contribution in [2.45, 2.75) is 33.4 Å². The van der Waals surface area contributed by atoms with Gasteiger partial charge in [0.1, 0.15) is 6.61 Å². The van der Waals surface area contributed by atoms with Crippen molar-refractivity contribution >= 4 is 46.0 Å². The number of allylic oxidation sites excluding steroid dienone is 1. The van der Waals surface area contributed by atoms with E-state index in [-0.39, 0.29) is 12.2 Å². The number of methoxy groups -OCH3 is 1. The lowest BCUT2D eigenvalue weighted by atomic mass is 9.95. The van der Waals surface area contributed by atoms with Crippen LogP contribution in [0.5, 0.6) is 11.5 Å². The molecule has 1 unspecified atom stereocenters. The lowest BCUT2D eigenvalue weighted by molar-refractivity contribution is -0.139. The number of aryl methyl sites for hydroxylation is 1. The van der Waals surface area contributed by atoms with Gasteiger partial charge >= 0.3 is 5.97 Å². The number of benzene rings is 3. The van der Waals surface area contributed by atoms with E-state index in [1.54, 1.807) is 25.5 Å². The molecule has 0 N–H and O–H groups in total. The maximum atomic E-state index is 13.9. The third-order valence-corrected chi connectivity index (χ3v) is 8.47. The summed E-state index contributed by atoms with van der Waals surface area (Å²) in [4.78, 5) is 32.2. The van der Waals surface area contributed by atoms with Gasteiger partial charge in [-0.25, -0.2) is 9.79 Å². The van der Waals surface area contributed by atoms with Crippen molar-refractivity contribution in [3.8, 4) is 11.5 Å². The first kappa shape index (κ1) is 28.8. The number of halogens is 1. The maximum absolute atomic E-state index is 13.9. The van der Waals surface area contributed by atoms with Crippen molar-refractivity contribution in [2.75, 3.05) is 13.7 Å². The van der Waals surface area contributed by atoms with Crippen molar-refractivity contribution in [1.29, 1.82) is 0 Å². The number of hydrogen-bond acceptors (Lipinski definition) is 7. The number of esters is 1. The van der Waals surface area contributed by atoms with Crippen LogP contribution < -0.4 is 24.4 Å². The molecule has 7 nitrogen and oxygen atoms in total. The van der Waals surface area contributed by atoms with Gasteiger partial charge in [-0.05, 0) is 78.3 Å². The van der Waals surface area contributed by atoms with Crippen LogP contribution in [0.2, 0.25) is 0 Å². The SMILES string of the molecule is CCOC(=O)C1=C(C)N=c2s/c(=C\c3cc(I)c(OCc4ccccc4)c(OC)c3)c(=O)n2C1c1ccc(C)cc1. The van der Waals surface area contributed by atoms with Gasteiger partial charge in [-0.1, -0.05) is 71.5 Å². The standard InChI is InChI=1S/C32H29IN2O5S/c1-5-39-31(37)27-20(3)34-32-35(28(27)23-13-11-19(2)12-14-23)30(36)26(41-32)17-22-15-24(33)29(25(16-22)38-4)40-18-21-9-7-6-8-10-21/h6-17,28H,5,18H2,1-4H3/b26-17-. The molecule has 1 aliphatic rings. The van der Waals surface area contributed by atoms with E-state index in [0.717, 1.165) is 25.8 Å². The van der Waals surface area contributed by atoms with Gasteiger partial charge in [0.25, 0.3) is 5.56 Å². The molecule has 0 bridgehead atoms. The van der Waals surface area contributed by atoms with Gasteiger partial charge in [0.15, 0.2) is 16.3 Å². The highest BCUT2D eigenvalue weighted by atomic mass is 127. The zero-order chi connectivity index (χ0) is 29.1. The second kappa shape index (κ2) is 12.4. The summed E-state index contributed by atoms with van der Waals surface area (Å²) in [5, 5.41) is 0. The summed E-state index contributed by atoms with van der Waals surface area (Å²) < 4.78 is 20.1. The molecule has 41 heavy (non-hydrogen) atoms. The molecule has 5 rings (SSSR count). The molecule has 2 heterocycles. The summed E-state index contributed by atoms with van der Waals surface area (Å²) >= 11 is 3.51. The Bertz CT molecular complexity index is 1810. The Morgan fingerprint density at radius 1 is 1.10 bits per heavy atom. The van der Waals surface area contributed by atoms with E-state index in [2.05, 4.69) is 27.6 Å². The summed E-state index contributed by atoms with van der Waals surface area (Å²) in [7, 11) is 1.60. The molecule has 4 aromatic rings. The fourth-order valence-corrected chi connectivity index (χ4v) is 6.53. The molecule has 1 atom stereocenters. The van der Waals surface area contributed by atoms with E-state index in [4.69, 9.17) is 14.2 Å². The summed E-state index contributed by atoms with van der Waals surface area (Å²) in [6.07, 6.45) is 1.82. The van der Waals surface area contributed by atoms with Crippen LogP contribution in [-0.4, -0.2) is 24.3 Å². The van der Waals surface area contributed by atoms with Crippen molar-refractivity contribution in [2.24, 2.45) is 4.99 Å². The third kappa shape index (κ3) is 6.01. The number of nitrogens with zero attached hydrogens (tertiary/aromatic N) is 2. The number of thiazole rings is 1. The van der Waals surface area contributed by atoms with E-state index in [0.29, 0.717) is 38.7 Å². The first-order valence-corrected chi connectivity index (χ1v) is 15.0. The number of rotatable bonds is 8. The van der Waals surface area contributed by atoms with Crippen LogP contribution in [-0.2, 0) is 16.1 Å². The minimum Gasteiger partial charge on any atom is -0.493 e. The Morgan fingerprint density at radius 2 is 1.83 bits per heavy atom. The monoisotopic (exact) mass is 680 g/mol. The molecule has 9 heteroatoms. The predicted molar refractivity (Wildman–Crippen MR) is 168 cm³/mol. The lowest BCUT2D eigenvalue weighted by Gasteiger charge is -2.24. The zero-order valence-electron chi connectivity index (χ0n) is 23.1. The van der Waals surface area contributed by atoms with Crippen LogP contribution in [0.1, 0.15) is 42.1 Å². The van der Waals surface area contributed by atoms with Crippen molar-refractivity contribution in [3.63, 3.8) is 0 Å². The molecule has 210 valence electrons. The normalized spacial score (nSPS) is 14.9. The number of hydrogen-bond donors (Lipinski definition) is 0. The van der Waals surface area contributed by atoms with Crippen LogP contribution in [0.4, 0.5) is 0 Å². The maximum Gasteiger partial charge on any atom is 0.338 e. The lowest BCUT2D eigenvalue weighted by Crippen LogP contribution is -2.39. The molecule has 0 saturated carbocycles. The van der Waals surface area contributed by atoms with Gasteiger partial charge in [0, 0.05) is 0 Å². The second-order valence-electron chi connectivity index (χ2n) is 9.52. The Kier molecular flexibility index (Phi) is 8.74. The predicted octanol–water partition coefficient (Wildman–Crippen LogP) is 5.30. The quantitative estimate of drug-likeness (QED) is 0.187. The molecule has 0 spiro atoms. The molecule has 1 aliphatic heterocycles. The number of ether oxygens (including phenoxy) is 3. The molecular formula is C32H29IN2O5S. The third-order valence-electron chi connectivity index (χ3n) is 6.69. The van der Waals surface area contributed by atoms with E-state index in [1.807, 2.05) is 79.7 Å². The van der Waals surface area contributed by atoms with E-state index in [9.17, 15) is 9.59 Å². The van der Waals surface area contributed by atoms with Crippen LogP contribution in [0.25, 0.3) is 6.08 Å². The minimum atomic E-state index is -0.642. The highest BCUT2D eigenvalue weighted by molar-refractivity contribution is 14.1. The molecule has 0 aliphatic carbocycles. The van der Waals surface area contributed by atoms with Crippen LogP contribution >= 0.6 is 33.9 Å². The minimum absolute atomic E-state index is 0.228. The summed E-state index contributed by atoms with van der Waals surface area (Å²) in [6.45, 7) is 6.18. The average molecular weight is 681 g/mol. The van der Waals surface area contributed by atoms with Gasteiger partial charge in [0.2, 0.25) is 0 Å². The Hall–Kier alpha value is -3.70. The van der Waals surface area contributed by atoms with Gasteiger partial charge < -0.3 is 14.2 Å². The van der Waals surface area contributed by atoms with Crippen LogP contribution in [0, 0.1) is 10.5 Å². The van der Waals surface area contributed by atoms with Crippen molar-refractivity contribution in [1.82, 2.24) is 4.57 Å².